The highest BCUT2D eigenvalue weighted by Gasteiger charge is 2.36. The van der Waals surface area contributed by atoms with Gasteiger partial charge in [0.1, 0.15) is 12.1 Å². The van der Waals surface area contributed by atoms with Crippen molar-refractivity contribution in [2.45, 2.75) is 31.7 Å². The van der Waals surface area contributed by atoms with Crippen molar-refractivity contribution in [3.05, 3.63) is 23.9 Å². The monoisotopic (exact) mass is 282 g/mol. The van der Waals surface area contributed by atoms with Crippen LogP contribution in [0.3, 0.4) is 0 Å². The molecule has 0 saturated carbocycles. The highest BCUT2D eigenvalue weighted by atomic mass is 16.6. The number of carbonyl (C=O) groups excluding carboxylic acids is 1. The first-order valence-electron chi connectivity index (χ1n) is 7.19. The van der Waals surface area contributed by atoms with E-state index in [0.29, 0.717) is 19.6 Å². The van der Waals surface area contributed by atoms with Gasteiger partial charge < -0.3 is 20.1 Å². The third-order valence-corrected chi connectivity index (χ3v) is 3.39. The van der Waals surface area contributed by atoms with Gasteiger partial charge in [0.15, 0.2) is 0 Å². The van der Waals surface area contributed by atoms with E-state index in [1.54, 1.807) is 7.05 Å². The summed E-state index contributed by atoms with van der Waals surface area (Å²) in [6.45, 7) is 3.58. The Bertz CT molecular complexity index is 366. The molecule has 0 heterocycles. The fraction of sp³-hybridized carbons (Fsp3) is 0.667. The molecule has 1 aliphatic carbocycles. The second kappa shape index (κ2) is 8.76. The molecule has 1 rings (SSSR count). The molecular formula is C15H26N2O3. The van der Waals surface area contributed by atoms with Gasteiger partial charge in [-0.25, -0.2) is 4.79 Å². The molecule has 0 radical (unpaired) electrons. The Hall–Kier alpha value is -1.33. The summed E-state index contributed by atoms with van der Waals surface area (Å²) in [5, 5.41) is 6.10. The van der Waals surface area contributed by atoms with E-state index in [2.05, 4.69) is 17.6 Å². The summed E-state index contributed by atoms with van der Waals surface area (Å²) in [5.74, 6) is -0.262. The lowest BCUT2D eigenvalue weighted by atomic mass is 9.90. The zero-order valence-corrected chi connectivity index (χ0v) is 12.7. The molecule has 0 amide bonds. The molecule has 0 bridgehead atoms. The van der Waals surface area contributed by atoms with Gasteiger partial charge in [0.2, 0.25) is 0 Å². The van der Waals surface area contributed by atoms with Crippen LogP contribution in [0.5, 0.6) is 0 Å². The van der Waals surface area contributed by atoms with Crippen molar-refractivity contribution in [1.29, 1.82) is 0 Å². The van der Waals surface area contributed by atoms with Gasteiger partial charge in [-0.1, -0.05) is 25.5 Å². The SMILES string of the molecule is CCCCOCCOC(=O)C1(NC)C=CC(NC)=CC1. The van der Waals surface area contributed by atoms with Crippen LogP contribution in [0.15, 0.2) is 23.9 Å². The van der Waals surface area contributed by atoms with Crippen molar-refractivity contribution in [2.24, 2.45) is 0 Å². The molecule has 5 heteroatoms. The molecule has 1 atom stereocenters. The van der Waals surface area contributed by atoms with Crippen LogP contribution in [0.25, 0.3) is 0 Å². The van der Waals surface area contributed by atoms with Gasteiger partial charge in [-0.05, 0) is 19.5 Å². The van der Waals surface area contributed by atoms with E-state index in [4.69, 9.17) is 9.47 Å². The number of nitrogens with one attached hydrogen (secondary N) is 2. The summed E-state index contributed by atoms with van der Waals surface area (Å²) in [7, 11) is 3.62. The molecule has 0 aromatic rings. The maximum atomic E-state index is 12.2. The van der Waals surface area contributed by atoms with Crippen molar-refractivity contribution in [1.82, 2.24) is 10.6 Å². The van der Waals surface area contributed by atoms with Crippen LogP contribution < -0.4 is 10.6 Å². The van der Waals surface area contributed by atoms with Crippen molar-refractivity contribution in [2.75, 3.05) is 33.9 Å². The van der Waals surface area contributed by atoms with E-state index >= 15 is 0 Å². The predicted octanol–water partition coefficient (Wildman–Crippen LogP) is 1.37. The normalized spacial score (nSPS) is 21.4. The first kappa shape index (κ1) is 16.7. The smallest absolute Gasteiger partial charge is 0.330 e. The summed E-state index contributed by atoms with van der Waals surface area (Å²) < 4.78 is 10.7. The zero-order valence-electron chi connectivity index (χ0n) is 12.7. The van der Waals surface area contributed by atoms with Crippen LogP contribution in [0.2, 0.25) is 0 Å². The minimum atomic E-state index is -0.760. The minimum Gasteiger partial charge on any atom is -0.462 e. The average molecular weight is 282 g/mol. The number of ether oxygens (including phenoxy) is 2. The van der Waals surface area contributed by atoms with E-state index in [0.717, 1.165) is 25.1 Å². The Morgan fingerprint density at radius 3 is 2.70 bits per heavy atom. The van der Waals surface area contributed by atoms with Crippen molar-refractivity contribution < 1.29 is 14.3 Å². The van der Waals surface area contributed by atoms with Crippen LogP contribution in [0, 0.1) is 0 Å². The van der Waals surface area contributed by atoms with Gasteiger partial charge in [0, 0.05) is 25.8 Å². The standard InChI is InChI=1S/C15H26N2O3/c1-4-5-10-19-11-12-20-14(18)15(17-3)8-6-13(16-2)7-9-15/h6-8,16-17H,4-5,9-12H2,1-3H3. The third kappa shape index (κ3) is 4.65. The largest absolute Gasteiger partial charge is 0.462 e. The topological polar surface area (TPSA) is 59.6 Å². The number of carbonyl (C=O) groups is 1. The highest BCUT2D eigenvalue weighted by Crippen LogP contribution is 2.21. The summed E-state index contributed by atoms with van der Waals surface area (Å²) >= 11 is 0. The Balaban J connectivity index is 2.37. The number of rotatable bonds is 9. The molecule has 0 aromatic carbocycles. The maximum Gasteiger partial charge on any atom is 0.330 e. The molecule has 0 aromatic heterocycles. The van der Waals surface area contributed by atoms with E-state index < -0.39 is 5.54 Å². The summed E-state index contributed by atoms with van der Waals surface area (Å²) in [6.07, 6.45) is 8.43. The van der Waals surface area contributed by atoms with E-state index in [1.807, 2.05) is 25.3 Å². The second-order valence-corrected chi connectivity index (χ2v) is 4.77. The molecule has 1 unspecified atom stereocenters. The van der Waals surface area contributed by atoms with Gasteiger partial charge in [-0.3, -0.25) is 0 Å². The van der Waals surface area contributed by atoms with Crippen LogP contribution in [-0.2, 0) is 14.3 Å². The summed E-state index contributed by atoms with van der Waals surface area (Å²) in [5.41, 5.74) is 0.246. The maximum absolute atomic E-state index is 12.2. The molecule has 20 heavy (non-hydrogen) atoms. The lowest BCUT2D eigenvalue weighted by molar-refractivity contribution is -0.150. The molecule has 0 spiro atoms. The van der Waals surface area contributed by atoms with Gasteiger partial charge in [-0.15, -0.1) is 0 Å². The fourth-order valence-corrected chi connectivity index (χ4v) is 1.93. The molecule has 0 fully saturated rings. The molecule has 0 aliphatic heterocycles. The number of allylic oxidation sites excluding steroid dienone is 1. The molecule has 5 nitrogen and oxygen atoms in total. The average Bonchev–Trinajstić information content (AvgIpc) is 2.50. The predicted molar refractivity (Wildman–Crippen MR) is 79.4 cm³/mol. The Morgan fingerprint density at radius 2 is 2.15 bits per heavy atom. The zero-order chi connectivity index (χ0) is 14.8. The van der Waals surface area contributed by atoms with Crippen LogP contribution in [-0.4, -0.2) is 45.4 Å². The molecule has 0 saturated heterocycles. The fourth-order valence-electron chi connectivity index (χ4n) is 1.93. The number of likely N-dealkylation sites (N-methyl/N-ethyl adjacent to an activating group) is 2. The Kier molecular flexibility index (Phi) is 7.33. The second-order valence-electron chi connectivity index (χ2n) is 4.77. The third-order valence-electron chi connectivity index (χ3n) is 3.39. The van der Waals surface area contributed by atoms with Crippen LogP contribution in [0.1, 0.15) is 26.2 Å². The lowest BCUT2D eigenvalue weighted by Crippen LogP contribution is -2.50. The molecule has 114 valence electrons. The quantitative estimate of drug-likeness (QED) is 0.494. The summed E-state index contributed by atoms with van der Waals surface area (Å²) in [6, 6.07) is 0. The Labute approximate surface area is 121 Å². The highest BCUT2D eigenvalue weighted by molar-refractivity contribution is 5.84. The van der Waals surface area contributed by atoms with E-state index in [-0.39, 0.29) is 5.97 Å². The minimum absolute atomic E-state index is 0.262. The van der Waals surface area contributed by atoms with Crippen molar-refractivity contribution in [3.63, 3.8) is 0 Å². The first-order valence-corrected chi connectivity index (χ1v) is 7.19. The van der Waals surface area contributed by atoms with Gasteiger partial charge in [-0.2, -0.15) is 0 Å². The van der Waals surface area contributed by atoms with Crippen LogP contribution in [0.4, 0.5) is 0 Å². The Morgan fingerprint density at radius 1 is 1.35 bits per heavy atom. The number of hydrogen-bond acceptors (Lipinski definition) is 5. The first-order chi connectivity index (χ1) is 9.68. The van der Waals surface area contributed by atoms with Crippen molar-refractivity contribution in [3.8, 4) is 0 Å². The van der Waals surface area contributed by atoms with Crippen molar-refractivity contribution >= 4 is 5.97 Å². The number of hydrogen-bond donors (Lipinski definition) is 2. The van der Waals surface area contributed by atoms with Gasteiger partial charge >= 0.3 is 5.97 Å². The number of esters is 1. The summed E-state index contributed by atoms with van der Waals surface area (Å²) in [4.78, 5) is 12.2. The van der Waals surface area contributed by atoms with Crippen LogP contribution >= 0.6 is 0 Å². The van der Waals surface area contributed by atoms with Gasteiger partial charge in [0.05, 0.1) is 6.61 Å². The molecule has 2 N–H and O–H groups in total. The van der Waals surface area contributed by atoms with E-state index in [1.165, 1.54) is 0 Å². The molecule has 1 aliphatic rings. The van der Waals surface area contributed by atoms with E-state index in [9.17, 15) is 4.79 Å². The lowest BCUT2D eigenvalue weighted by Gasteiger charge is -2.29. The number of unbranched alkanes of at least 4 members (excludes halogenated alkanes) is 1. The van der Waals surface area contributed by atoms with Gasteiger partial charge in [0.25, 0.3) is 0 Å². The molecular weight excluding hydrogens is 256 g/mol.